The molecule has 2 N–H and O–H groups in total. The van der Waals surface area contributed by atoms with E-state index in [0.29, 0.717) is 0 Å². The highest BCUT2D eigenvalue weighted by Gasteiger charge is 2.12. The Balaban J connectivity index is 2.26. The van der Waals surface area contributed by atoms with Gasteiger partial charge in [-0.3, -0.25) is 10.3 Å². The molecule has 2 aromatic rings. The number of benzene rings is 2. The van der Waals surface area contributed by atoms with Gasteiger partial charge in [-0.15, -0.1) is 0 Å². The van der Waals surface area contributed by atoms with E-state index < -0.39 is 0 Å². The number of nitrogens with one attached hydrogen (secondary N) is 2. The summed E-state index contributed by atoms with van der Waals surface area (Å²) in [6, 6.07) is 19.1. The molecule has 0 aliphatic heterocycles. The van der Waals surface area contributed by atoms with Crippen LogP contribution in [0.1, 0.15) is 28.9 Å². The summed E-state index contributed by atoms with van der Waals surface area (Å²) in [6.07, 6.45) is -0.0474. The van der Waals surface area contributed by atoms with Gasteiger partial charge in [0.05, 0.1) is 6.04 Å². The molecule has 0 bridgehead atoms. The quantitative estimate of drug-likeness (QED) is 0.790. The number of nitrogens with zero attached hydrogens (tertiary/aromatic N) is 1. The summed E-state index contributed by atoms with van der Waals surface area (Å²) in [4.78, 5) is 4.05. The second-order valence-electron chi connectivity index (χ2n) is 4.67. The van der Waals surface area contributed by atoms with Gasteiger partial charge in [0.2, 0.25) is 0 Å². The topological polar surface area (TPSA) is 36.4 Å². The number of hydrogen-bond donors (Lipinski definition) is 2. The molecule has 3 heteroatoms. The van der Waals surface area contributed by atoms with E-state index >= 15 is 0 Å². The van der Waals surface area contributed by atoms with Crippen LogP contribution in [0.25, 0.3) is 0 Å². The Morgan fingerprint density at radius 3 is 1.85 bits per heavy atom. The maximum atomic E-state index is 4.05. The third kappa shape index (κ3) is 3.13. The van der Waals surface area contributed by atoms with Crippen molar-refractivity contribution < 1.29 is 0 Å². The van der Waals surface area contributed by atoms with Gasteiger partial charge in [0, 0.05) is 0 Å². The van der Waals surface area contributed by atoms with E-state index in [9.17, 15) is 0 Å². The van der Waals surface area contributed by atoms with E-state index in [1.54, 1.807) is 0 Å². The van der Waals surface area contributed by atoms with Crippen LogP contribution in [0.5, 0.6) is 0 Å². The Bertz CT molecular complexity index is 534. The lowest BCUT2D eigenvalue weighted by molar-refractivity contribution is 0.627. The summed E-state index contributed by atoms with van der Waals surface area (Å²) >= 11 is 0. The SMILES string of the molecule is C=NC(NC)c1ccc(C(NC)c2ccccc2)cc1. The molecular weight excluding hydrogens is 246 g/mol. The van der Waals surface area contributed by atoms with Gasteiger partial charge in [-0.05, 0) is 37.5 Å². The first-order chi connectivity index (χ1) is 9.80. The third-order valence-electron chi connectivity index (χ3n) is 3.46. The maximum absolute atomic E-state index is 4.05. The van der Waals surface area contributed by atoms with E-state index in [1.165, 1.54) is 11.1 Å². The van der Waals surface area contributed by atoms with Gasteiger partial charge in [0.1, 0.15) is 6.17 Å². The predicted octanol–water partition coefficient (Wildman–Crippen LogP) is 2.91. The van der Waals surface area contributed by atoms with E-state index in [1.807, 2.05) is 20.2 Å². The molecule has 0 fully saturated rings. The maximum Gasteiger partial charge on any atom is 0.124 e. The van der Waals surface area contributed by atoms with Crippen LogP contribution in [0.2, 0.25) is 0 Å². The molecule has 2 unspecified atom stereocenters. The predicted molar refractivity (Wildman–Crippen MR) is 85.1 cm³/mol. The molecule has 0 saturated heterocycles. The number of aliphatic imine (C=N–C) groups is 1. The van der Waals surface area contributed by atoms with Crippen LogP contribution >= 0.6 is 0 Å². The van der Waals surface area contributed by atoms with E-state index in [4.69, 9.17) is 0 Å². The Labute approximate surface area is 120 Å². The molecule has 3 nitrogen and oxygen atoms in total. The molecule has 2 atom stereocenters. The lowest BCUT2D eigenvalue weighted by atomic mass is 9.97. The molecular formula is C17H21N3. The fraction of sp³-hybridized carbons (Fsp3) is 0.235. The normalized spacial score (nSPS) is 13.7. The molecule has 2 aromatic carbocycles. The van der Waals surface area contributed by atoms with Crippen molar-refractivity contribution >= 4 is 6.72 Å². The minimum atomic E-state index is -0.0474. The average molecular weight is 267 g/mol. The Morgan fingerprint density at radius 2 is 1.35 bits per heavy atom. The van der Waals surface area contributed by atoms with Crippen LogP contribution in [0.15, 0.2) is 59.6 Å². The van der Waals surface area contributed by atoms with Gasteiger partial charge in [-0.1, -0.05) is 54.6 Å². The van der Waals surface area contributed by atoms with E-state index in [0.717, 1.165) is 5.56 Å². The Morgan fingerprint density at radius 1 is 0.800 bits per heavy atom. The van der Waals surface area contributed by atoms with Crippen molar-refractivity contribution in [1.29, 1.82) is 0 Å². The zero-order chi connectivity index (χ0) is 14.4. The van der Waals surface area contributed by atoms with Gasteiger partial charge >= 0.3 is 0 Å². The fourth-order valence-electron chi connectivity index (χ4n) is 2.41. The molecule has 0 amide bonds. The van der Waals surface area contributed by atoms with Crippen LogP contribution in [0.4, 0.5) is 0 Å². The second kappa shape index (κ2) is 6.98. The summed E-state index contributed by atoms with van der Waals surface area (Å²) in [5.41, 5.74) is 3.62. The number of hydrogen-bond acceptors (Lipinski definition) is 3. The minimum Gasteiger partial charge on any atom is -0.309 e. The zero-order valence-corrected chi connectivity index (χ0v) is 12.0. The smallest absolute Gasteiger partial charge is 0.124 e. The van der Waals surface area contributed by atoms with Gasteiger partial charge in [-0.25, -0.2) is 0 Å². The average Bonchev–Trinajstić information content (AvgIpc) is 2.52. The first-order valence-electron chi connectivity index (χ1n) is 6.75. The summed E-state index contributed by atoms with van der Waals surface area (Å²) < 4.78 is 0. The molecule has 0 aliphatic carbocycles. The second-order valence-corrected chi connectivity index (χ2v) is 4.67. The first kappa shape index (κ1) is 14.4. The van der Waals surface area contributed by atoms with E-state index in [-0.39, 0.29) is 12.2 Å². The summed E-state index contributed by atoms with van der Waals surface area (Å²) in [5.74, 6) is 0. The molecule has 0 saturated carbocycles. The molecule has 0 heterocycles. The fourth-order valence-corrected chi connectivity index (χ4v) is 2.41. The van der Waals surface area contributed by atoms with Crippen molar-refractivity contribution in [3.05, 3.63) is 71.3 Å². The minimum absolute atomic E-state index is 0.0474. The van der Waals surface area contributed by atoms with Crippen LogP contribution in [0.3, 0.4) is 0 Å². The van der Waals surface area contributed by atoms with Crippen LogP contribution in [-0.4, -0.2) is 20.8 Å². The molecule has 20 heavy (non-hydrogen) atoms. The third-order valence-corrected chi connectivity index (χ3v) is 3.46. The van der Waals surface area contributed by atoms with Crippen molar-refractivity contribution in [1.82, 2.24) is 10.6 Å². The van der Waals surface area contributed by atoms with Gasteiger partial charge in [0.15, 0.2) is 0 Å². The van der Waals surface area contributed by atoms with Gasteiger partial charge < -0.3 is 5.32 Å². The standard InChI is InChI=1S/C17H21N3/c1-18-16(13-7-5-4-6-8-13)14-9-11-15(12-10-14)17(19-2)20-3/h4-12,16-18,20H,2H2,1,3H3. The molecule has 0 spiro atoms. The van der Waals surface area contributed by atoms with Crippen LogP contribution in [0, 0.1) is 0 Å². The summed E-state index contributed by atoms with van der Waals surface area (Å²) in [6.45, 7) is 3.60. The lowest BCUT2D eigenvalue weighted by Gasteiger charge is -2.18. The Kier molecular flexibility index (Phi) is 5.04. The van der Waals surface area contributed by atoms with Crippen molar-refractivity contribution in [3.63, 3.8) is 0 Å². The van der Waals surface area contributed by atoms with Crippen molar-refractivity contribution in [2.75, 3.05) is 14.1 Å². The van der Waals surface area contributed by atoms with Crippen molar-refractivity contribution in [2.24, 2.45) is 4.99 Å². The molecule has 0 aromatic heterocycles. The van der Waals surface area contributed by atoms with Gasteiger partial charge in [-0.2, -0.15) is 0 Å². The zero-order valence-electron chi connectivity index (χ0n) is 12.0. The Hall–Kier alpha value is -1.97. The first-order valence-corrected chi connectivity index (χ1v) is 6.75. The summed E-state index contributed by atoms with van der Waals surface area (Å²) in [7, 11) is 3.86. The van der Waals surface area contributed by atoms with Crippen molar-refractivity contribution in [2.45, 2.75) is 12.2 Å². The lowest BCUT2D eigenvalue weighted by Crippen LogP contribution is -2.18. The highest BCUT2D eigenvalue weighted by molar-refractivity contribution is 5.35. The van der Waals surface area contributed by atoms with Crippen LogP contribution < -0.4 is 10.6 Å². The molecule has 0 aliphatic rings. The largest absolute Gasteiger partial charge is 0.309 e. The molecule has 2 rings (SSSR count). The van der Waals surface area contributed by atoms with Crippen molar-refractivity contribution in [3.8, 4) is 0 Å². The van der Waals surface area contributed by atoms with Crippen LogP contribution in [-0.2, 0) is 0 Å². The number of rotatable bonds is 6. The summed E-state index contributed by atoms with van der Waals surface area (Å²) in [5, 5.41) is 6.48. The molecule has 0 radical (unpaired) electrons. The highest BCUT2D eigenvalue weighted by atomic mass is 15.0. The molecule has 104 valence electrons. The highest BCUT2D eigenvalue weighted by Crippen LogP contribution is 2.23. The van der Waals surface area contributed by atoms with E-state index in [2.05, 4.69) is 70.9 Å². The van der Waals surface area contributed by atoms with Gasteiger partial charge in [0.25, 0.3) is 0 Å². The monoisotopic (exact) mass is 267 g/mol.